The van der Waals surface area contributed by atoms with Gasteiger partial charge in [-0.15, -0.1) is 0 Å². The molecule has 4 N–H and O–H groups in total. The zero-order valence-electron chi connectivity index (χ0n) is 10.9. The van der Waals surface area contributed by atoms with E-state index in [0.717, 1.165) is 0 Å². The molecule has 2 rings (SSSR count). The van der Waals surface area contributed by atoms with Gasteiger partial charge in [0, 0.05) is 5.69 Å². The molecule has 6 heteroatoms. The first kappa shape index (κ1) is 13.4. The molecule has 0 saturated heterocycles. The van der Waals surface area contributed by atoms with Gasteiger partial charge in [-0.3, -0.25) is 9.78 Å². The zero-order valence-corrected chi connectivity index (χ0v) is 10.9. The van der Waals surface area contributed by atoms with Crippen LogP contribution in [0.5, 0.6) is 0 Å². The maximum absolute atomic E-state index is 12.1. The molecule has 0 aliphatic carbocycles. The summed E-state index contributed by atoms with van der Waals surface area (Å²) in [5.74, 6) is -0.753. The van der Waals surface area contributed by atoms with Crippen molar-refractivity contribution in [1.29, 1.82) is 0 Å². The van der Waals surface area contributed by atoms with Gasteiger partial charge in [-0.1, -0.05) is 13.8 Å². The molecule has 2 aromatic rings. The molecule has 6 nitrogen and oxygen atoms in total. The van der Waals surface area contributed by atoms with Crippen molar-refractivity contribution < 1.29 is 9.21 Å². The van der Waals surface area contributed by atoms with Gasteiger partial charge in [0.1, 0.15) is 0 Å². The van der Waals surface area contributed by atoms with Gasteiger partial charge in [-0.25, -0.2) is 4.79 Å². The van der Waals surface area contributed by atoms with E-state index in [-0.39, 0.29) is 5.91 Å². The zero-order chi connectivity index (χ0) is 14.0. The van der Waals surface area contributed by atoms with E-state index in [9.17, 15) is 9.59 Å². The minimum atomic E-state index is -0.876. The standard InChI is InChI=1S/C13H17N3O3/c1-3-13(14,4-2)11(17)15-8-5-6-10-9(7-8)16-12(18)19-10/h5-7H,3-4,14H2,1-2H3,(H,15,17)(H,16,18). The van der Waals surface area contributed by atoms with Gasteiger partial charge in [0.15, 0.2) is 5.58 Å². The van der Waals surface area contributed by atoms with Crippen LogP contribution >= 0.6 is 0 Å². The Labute approximate surface area is 110 Å². The predicted molar refractivity (Wildman–Crippen MR) is 73.0 cm³/mol. The molecule has 0 radical (unpaired) electrons. The molecule has 102 valence electrons. The number of aromatic amines is 1. The lowest BCUT2D eigenvalue weighted by Crippen LogP contribution is -2.50. The summed E-state index contributed by atoms with van der Waals surface area (Å²) in [4.78, 5) is 25.7. The van der Waals surface area contributed by atoms with Gasteiger partial charge >= 0.3 is 5.76 Å². The van der Waals surface area contributed by atoms with Crippen molar-refractivity contribution in [2.45, 2.75) is 32.2 Å². The third-order valence-corrected chi connectivity index (χ3v) is 3.39. The molecular formula is C13H17N3O3. The summed E-state index contributed by atoms with van der Waals surface area (Å²) in [7, 11) is 0. The minimum absolute atomic E-state index is 0.234. The Morgan fingerprint density at radius 1 is 1.42 bits per heavy atom. The van der Waals surface area contributed by atoms with Crippen LogP contribution in [0.25, 0.3) is 11.1 Å². The maximum atomic E-state index is 12.1. The van der Waals surface area contributed by atoms with Crippen LogP contribution in [0.3, 0.4) is 0 Å². The van der Waals surface area contributed by atoms with Crippen molar-refractivity contribution in [3.63, 3.8) is 0 Å². The molecule has 0 aliphatic heterocycles. The van der Waals surface area contributed by atoms with Crippen LogP contribution in [0.4, 0.5) is 5.69 Å². The highest BCUT2D eigenvalue weighted by Crippen LogP contribution is 2.19. The van der Waals surface area contributed by atoms with E-state index in [1.54, 1.807) is 18.2 Å². The van der Waals surface area contributed by atoms with Gasteiger partial charge in [0.2, 0.25) is 5.91 Å². The number of hydrogen-bond acceptors (Lipinski definition) is 4. The average molecular weight is 263 g/mol. The molecule has 1 aromatic carbocycles. The maximum Gasteiger partial charge on any atom is 0.417 e. The summed E-state index contributed by atoms with van der Waals surface area (Å²) >= 11 is 0. The number of carbonyl (C=O) groups excluding carboxylic acids is 1. The number of oxazole rings is 1. The molecule has 1 amide bonds. The molecule has 0 saturated carbocycles. The first-order chi connectivity index (χ1) is 8.98. The first-order valence-electron chi connectivity index (χ1n) is 6.21. The van der Waals surface area contributed by atoms with E-state index < -0.39 is 11.3 Å². The molecule has 1 heterocycles. The number of benzene rings is 1. The van der Waals surface area contributed by atoms with Crippen molar-refractivity contribution in [2.75, 3.05) is 5.32 Å². The topological polar surface area (TPSA) is 101 Å². The lowest BCUT2D eigenvalue weighted by atomic mass is 9.93. The summed E-state index contributed by atoms with van der Waals surface area (Å²) < 4.78 is 4.89. The number of rotatable bonds is 4. The van der Waals surface area contributed by atoms with Crippen molar-refractivity contribution >= 4 is 22.7 Å². The third-order valence-electron chi connectivity index (χ3n) is 3.39. The van der Waals surface area contributed by atoms with Crippen LogP contribution in [0, 0.1) is 0 Å². The van der Waals surface area contributed by atoms with Crippen LogP contribution in [0.15, 0.2) is 27.4 Å². The van der Waals surface area contributed by atoms with Crippen molar-refractivity contribution in [2.24, 2.45) is 5.73 Å². The van der Waals surface area contributed by atoms with Gasteiger partial charge in [-0.05, 0) is 31.0 Å². The monoisotopic (exact) mass is 263 g/mol. The number of nitrogens with one attached hydrogen (secondary N) is 2. The van der Waals surface area contributed by atoms with E-state index in [4.69, 9.17) is 10.2 Å². The summed E-state index contributed by atoms with van der Waals surface area (Å²) in [5, 5.41) is 2.76. The van der Waals surface area contributed by atoms with Crippen LogP contribution in [0.2, 0.25) is 0 Å². The number of carbonyl (C=O) groups is 1. The first-order valence-corrected chi connectivity index (χ1v) is 6.21. The molecular weight excluding hydrogens is 246 g/mol. The summed E-state index contributed by atoms with van der Waals surface area (Å²) in [6, 6.07) is 4.94. The van der Waals surface area contributed by atoms with Gasteiger partial charge in [0.25, 0.3) is 0 Å². The van der Waals surface area contributed by atoms with E-state index in [1.807, 2.05) is 13.8 Å². The highest BCUT2D eigenvalue weighted by Gasteiger charge is 2.29. The Morgan fingerprint density at radius 2 is 2.11 bits per heavy atom. The second kappa shape index (κ2) is 4.89. The molecule has 0 atom stereocenters. The fraction of sp³-hybridized carbons (Fsp3) is 0.385. The summed E-state index contributed by atoms with van der Waals surface area (Å²) in [5.41, 5.74) is 6.71. The average Bonchev–Trinajstić information content (AvgIpc) is 2.77. The Kier molecular flexibility index (Phi) is 3.44. The van der Waals surface area contributed by atoms with E-state index >= 15 is 0 Å². The highest BCUT2D eigenvalue weighted by atomic mass is 16.4. The SMILES string of the molecule is CCC(N)(CC)C(=O)Nc1ccc2oc(=O)[nH]c2c1. The second-order valence-corrected chi connectivity index (χ2v) is 4.54. The number of hydrogen-bond donors (Lipinski definition) is 3. The summed E-state index contributed by atoms with van der Waals surface area (Å²) in [6.45, 7) is 3.75. The second-order valence-electron chi connectivity index (χ2n) is 4.54. The van der Waals surface area contributed by atoms with Crippen LogP contribution in [-0.4, -0.2) is 16.4 Å². The number of nitrogens with two attached hydrogens (primary N) is 1. The van der Waals surface area contributed by atoms with Crippen molar-refractivity contribution in [1.82, 2.24) is 4.98 Å². The summed E-state index contributed by atoms with van der Waals surface area (Å²) in [6.07, 6.45) is 1.11. The Bertz CT molecular complexity index is 652. The van der Waals surface area contributed by atoms with Gasteiger partial charge < -0.3 is 15.5 Å². The van der Waals surface area contributed by atoms with Crippen LogP contribution in [0.1, 0.15) is 26.7 Å². The normalized spacial score (nSPS) is 11.7. The van der Waals surface area contributed by atoms with Crippen LogP contribution < -0.4 is 16.8 Å². The molecule has 0 aliphatic rings. The molecule has 19 heavy (non-hydrogen) atoms. The number of amides is 1. The third kappa shape index (κ3) is 2.53. The largest absolute Gasteiger partial charge is 0.417 e. The van der Waals surface area contributed by atoms with E-state index in [1.165, 1.54) is 0 Å². The van der Waals surface area contributed by atoms with Crippen LogP contribution in [-0.2, 0) is 4.79 Å². The highest BCUT2D eigenvalue weighted by molar-refractivity contribution is 5.98. The van der Waals surface area contributed by atoms with E-state index in [2.05, 4.69) is 10.3 Å². The van der Waals surface area contributed by atoms with Crippen molar-refractivity contribution in [3.05, 3.63) is 28.7 Å². The molecule has 1 aromatic heterocycles. The fourth-order valence-electron chi connectivity index (χ4n) is 1.86. The fourth-order valence-corrected chi connectivity index (χ4v) is 1.86. The lowest BCUT2D eigenvalue weighted by molar-refractivity contribution is -0.121. The van der Waals surface area contributed by atoms with Gasteiger partial charge in [0.05, 0.1) is 11.1 Å². The number of anilines is 1. The van der Waals surface area contributed by atoms with Gasteiger partial charge in [-0.2, -0.15) is 0 Å². The smallest absolute Gasteiger partial charge is 0.408 e. The number of H-pyrrole nitrogens is 1. The Balaban J connectivity index is 2.26. The van der Waals surface area contributed by atoms with Crippen molar-refractivity contribution in [3.8, 4) is 0 Å². The lowest BCUT2D eigenvalue weighted by Gasteiger charge is -2.25. The molecule has 0 fully saturated rings. The molecule has 0 spiro atoms. The van der Waals surface area contributed by atoms with E-state index in [0.29, 0.717) is 29.6 Å². The minimum Gasteiger partial charge on any atom is -0.408 e. The quantitative estimate of drug-likeness (QED) is 0.779. The number of fused-ring (bicyclic) bond motifs is 1. The molecule has 0 unspecified atom stereocenters. The Morgan fingerprint density at radius 3 is 2.74 bits per heavy atom. The predicted octanol–water partition coefficient (Wildman–Crippen LogP) is 1.58. The number of aromatic nitrogens is 1. The molecule has 0 bridgehead atoms. The Hall–Kier alpha value is -2.08.